The highest BCUT2D eigenvalue weighted by atomic mass is 16.5. The number of ketones is 1. The van der Waals surface area contributed by atoms with E-state index in [2.05, 4.69) is 18.7 Å². The Labute approximate surface area is 117 Å². The molecular formula is C16H29NO2. The van der Waals surface area contributed by atoms with Crippen LogP contribution < -0.4 is 0 Å². The monoisotopic (exact) mass is 267 g/mol. The molecule has 1 aliphatic carbocycles. The molecule has 2 aliphatic rings. The molecule has 0 radical (unpaired) electrons. The first-order chi connectivity index (χ1) is 9.22. The van der Waals surface area contributed by atoms with Crippen LogP contribution in [0.4, 0.5) is 0 Å². The van der Waals surface area contributed by atoms with E-state index in [0.717, 1.165) is 51.4 Å². The lowest BCUT2D eigenvalue weighted by Gasteiger charge is -2.32. The van der Waals surface area contributed by atoms with Crippen molar-refractivity contribution in [3.8, 4) is 0 Å². The van der Waals surface area contributed by atoms with Gasteiger partial charge in [0.25, 0.3) is 0 Å². The minimum absolute atomic E-state index is 0.278. The van der Waals surface area contributed by atoms with Crippen LogP contribution in [0, 0.1) is 11.8 Å². The van der Waals surface area contributed by atoms with Crippen molar-refractivity contribution in [2.24, 2.45) is 11.8 Å². The van der Waals surface area contributed by atoms with Crippen molar-refractivity contribution in [1.82, 2.24) is 4.90 Å². The summed E-state index contributed by atoms with van der Waals surface area (Å²) in [7, 11) is 0. The Balaban J connectivity index is 1.83. The molecule has 3 nitrogen and oxygen atoms in total. The van der Waals surface area contributed by atoms with E-state index in [1.807, 2.05) is 0 Å². The van der Waals surface area contributed by atoms with E-state index in [4.69, 9.17) is 4.74 Å². The van der Waals surface area contributed by atoms with Crippen molar-refractivity contribution in [2.45, 2.75) is 58.5 Å². The van der Waals surface area contributed by atoms with Gasteiger partial charge >= 0.3 is 0 Å². The molecule has 0 N–H and O–H groups in total. The van der Waals surface area contributed by atoms with E-state index < -0.39 is 0 Å². The average Bonchev–Trinajstić information content (AvgIpc) is 2.93. The summed E-state index contributed by atoms with van der Waals surface area (Å²) in [6.07, 6.45) is 7.04. The molecule has 0 aromatic carbocycles. The smallest absolute Gasteiger partial charge is 0.137 e. The molecule has 3 atom stereocenters. The van der Waals surface area contributed by atoms with Crippen LogP contribution in [-0.4, -0.2) is 43.0 Å². The predicted octanol–water partition coefficient (Wildman–Crippen LogP) is 2.88. The molecule has 2 fully saturated rings. The summed E-state index contributed by atoms with van der Waals surface area (Å²) >= 11 is 0. The number of ether oxygens (including phenoxy) is 1. The van der Waals surface area contributed by atoms with Gasteiger partial charge in [0.1, 0.15) is 5.78 Å². The quantitative estimate of drug-likeness (QED) is 0.741. The SMILES string of the molecule is CCC1CCC(=O)C(CN(CC)CC2CCCO2)C1. The number of rotatable bonds is 6. The number of Topliss-reactive ketones (excluding diaryl/α,β-unsaturated/α-hetero) is 1. The van der Waals surface area contributed by atoms with E-state index in [0.29, 0.717) is 11.9 Å². The van der Waals surface area contributed by atoms with Gasteiger partial charge in [-0.2, -0.15) is 0 Å². The number of carbonyl (C=O) groups is 1. The van der Waals surface area contributed by atoms with E-state index in [-0.39, 0.29) is 5.92 Å². The zero-order valence-corrected chi connectivity index (χ0v) is 12.6. The van der Waals surface area contributed by atoms with Crippen molar-refractivity contribution in [1.29, 1.82) is 0 Å². The highest BCUT2D eigenvalue weighted by Gasteiger charge is 2.29. The molecule has 0 amide bonds. The second-order valence-corrected chi connectivity index (χ2v) is 6.20. The lowest BCUT2D eigenvalue weighted by atomic mass is 9.79. The van der Waals surface area contributed by atoms with Crippen molar-refractivity contribution in [2.75, 3.05) is 26.2 Å². The number of likely N-dealkylation sites (N-methyl/N-ethyl adjacent to an activating group) is 1. The molecule has 1 saturated carbocycles. The average molecular weight is 267 g/mol. The molecule has 0 bridgehead atoms. The van der Waals surface area contributed by atoms with Gasteiger partial charge in [-0.1, -0.05) is 20.3 Å². The largest absolute Gasteiger partial charge is 0.377 e. The van der Waals surface area contributed by atoms with Gasteiger partial charge in [0, 0.05) is 32.0 Å². The van der Waals surface area contributed by atoms with Gasteiger partial charge < -0.3 is 9.64 Å². The molecule has 0 aromatic heterocycles. The molecule has 0 spiro atoms. The van der Waals surface area contributed by atoms with Gasteiger partial charge in [-0.05, 0) is 38.1 Å². The minimum atomic E-state index is 0.278. The number of hydrogen-bond acceptors (Lipinski definition) is 3. The first-order valence-corrected chi connectivity index (χ1v) is 8.09. The highest BCUT2D eigenvalue weighted by Crippen LogP contribution is 2.29. The van der Waals surface area contributed by atoms with Crippen molar-refractivity contribution >= 4 is 5.78 Å². The highest BCUT2D eigenvalue weighted by molar-refractivity contribution is 5.81. The van der Waals surface area contributed by atoms with Gasteiger partial charge in [0.2, 0.25) is 0 Å². The minimum Gasteiger partial charge on any atom is -0.377 e. The summed E-state index contributed by atoms with van der Waals surface area (Å²) in [6.45, 7) is 8.35. The molecule has 2 rings (SSSR count). The van der Waals surface area contributed by atoms with Crippen LogP contribution in [0.5, 0.6) is 0 Å². The lowest BCUT2D eigenvalue weighted by molar-refractivity contribution is -0.126. The third kappa shape index (κ3) is 4.28. The Bertz CT molecular complexity index is 286. The summed E-state index contributed by atoms with van der Waals surface area (Å²) in [5, 5.41) is 0. The maximum Gasteiger partial charge on any atom is 0.137 e. The van der Waals surface area contributed by atoms with Crippen molar-refractivity contribution < 1.29 is 9.53 Å². The molecule has 1 aliphatic heterocycles. The van der Waals surface area contributed by atoms with Crippen LogP contribution in [0.15, 0.2) is 0 Å². The van der Waals surface area contributed by atoms with Gasteiger partial charge in [-0.3, -0.25) is 4.79 Å². The van der Waals surface area contributed by atoms with Crippen molar-refractivity contribution in [3.05, 3.63) is 0 Å². The third-order valence-corrected chi connectivity index (χ3v) is 4.86. The van der Waals surface area contributed by atoms with Gasteiger partial charge in [-0.15, -0.1) is 0 Å². The third-order valence-electron chi connectivity index (χ3n) is 4.86. The summed E-state index contributed by atoms with van der Waals surface area (Å²) in [5.41, 5.74) is 0. The van der Waals surface area contributed by atoms with Crippen LogP contribution in [0.2, 0.25) is 0 Å². The molecule has 110 valence electrons. The molecule has 3 unspecified atom stereocenters. The molecule has 1 saturated heterocycles. The normalized spacial score (nSPS) is 32.2. The zero-order valence-electron chi connectivity index (χ0n) is 12.6. The Hall–Kier alpha value is -0.410. The van der Waals surface area contributed by atoms with Crippen LogP contribution in [0.1, 0.15) is 52.4 Å². The standard InChI is InChI=1S/C16H29NO2/c1-3-13-7-8-16(18)14(10-13)11-17(4-2)12-15-6-5-9-19-15/h13-15H,3-12H2,1-2H3. The second kappa shape index (κ2) is 7.39. The van der Waals surface area contributed by atoms with Gasteiger partial charge in [0.15, 0.2) is 0 Å². The fourth-order valence-corrected chi connectivity index (χ4v) is 3.47. The maximum atomic E-state index is 12.1. The Kier molecular flexibility index (Phi) is 5.83. The molecular weight excluding hydrogens is 238 g/mol. The fourth-order valence-electron chi connectivity index (χ4n) is 3.47. The topological polar surface area (TPSA) is 29.5 Å². The number of carbonyl (C=O) groups excluding carboxylic acids is 1. The van der Waals surface area contributed by atoms with Gasteiger partial charge in [-0.25, -0.2) is 0 Å². The van der Waals surface area contributed by atoms with Crippen LogP contribution in [0.3, 0.4) is 0 Å². The fraction of sp³-hybridized carbons (Fsp3) is 0.938. The Morgan fingerprint density at radius 2 is 2.11 bits per heavy atom. The van der Waals surface area contributed by atoms with Crippen LogP contribution in [-0.2, 0) is 9.53 Å². The maximum absolute atomic E-state index is 12.1. The number of hydrogen-bond donors (Lipinski definition) is 0. The second-order valence-electron chi connectivity index (χ2n) is 6.20. The van der Waals surface area contributed by atoms with Gasteiger partial charge in [0.05, 0.1) is 6.10 Å². The van der Waals surface area contributed by atoms with E-state index in [1.165, 1.54) is 19.3 Å². The summed E-state index contributed by atoms with van der Waals surface area (Å²) in [4.78, 5) is 14.5. The molecule has 0 aromatic rings. The Morgan fingerprint density at radius 3 is 2.74 bits per heavy atom. The summed E-state index contributed by atoms with van der Waals surface area (Å²) in [6, 6.07) is 0. The summed E-state index contributed by atoms with van der Waals surface area (Å²) < 4.78 is 5.72. The van der Waals surface area contributed by atoms with E-state index in [1.54, 1.807) is 0 Å². The first kappa shape index (κ1) is 15.0. The van der Waals surface area contributed by atoms with E-state index in [9.17, 15) is 4.79 Å². The first-order valence-electron chi connectivity index (χ1n) is 8.09. The molecule has 3 heteroatoms. The van der Waals surface area contributed by atoms with E-state index >= 15 is 0 Å². The van der Waals surface area contributed by atoms with Crippen LogP contribution >= 0.6 is 0 Å². The van der Waals surface area contributed by atoms with Crippen LogP contribution in [0.25, 0.3) is 0 Å². The van der Waals surface area contributed by atoms with Crippen molar-refractivity contribution in [3.63, 3.8) is 0 Å². The number of nitrogens with zero attached hydrogens (tertiary/aromatic N) is 1. The molecule has 1 heterocycles. The lowest BCUT2D eigenvalue weighted by Crippen LogP contribution is -2.40. The Morgan fingerprint density at radius 1 is 1.26 bits per heavy atom. The molecule has 19 heavy (non-hydrogen) atoms. The zero-order chi connectivity index (χ0) is 13.7. The predicted molar refractivity (Wildman–Crippen MR) is 77.2 cm³/mol. The summed E-state index contributed by atoms with van der Waals surface area (Å²) in [5.74, 6) is 1.54.